The van der Waals surface area contributed by atoms with Gasteiger partial charge in [0.15, 0.2) is 8.32 Å². The Bertz CT molecular complexity index is 370. The minimum atomic E-state index is -4.33. The Hall–Kier alpha value is -0.563. The summed E-state index contributed by atoms with van der Waals surface area (Å²) in [5.41, 5.74) is 0. The van der Waals surface area contributed by atoms with E-state index in [2.05, 4.69) is 0 Å². The lowest BCUT2D eigenvalue weighted by Gasteiger charge is -2.41. The summed E-state index contributed by atoms with van der Waals surface area (Å²) in [7, 11) is -2.32. The SMILES string of the molecule is CCC(=O)N1CCC(C(O[Si](CC)(CC)CC)C(F)(F)F)CC1. The molecule has 1 aliphatic heterocycles. The fourth-order valence-electron chi connectivity index (χ4n) is 3.37. The quantitative estimate of drug-likeness (QED) is 0.627. The summed E-state index contributed by atoms with van der Waals surface area (Å²) in [6, 6.07) is 2.12. The maximum absolute atomic E-state index is 13.6. The number of nitrogens with zero attached hydrogens (tertiary/aromatic N) is 1. The van der Waals surface area contributed by atoms with Gasteiger partial charge >= 0.3 is 6.18 Å². The van der Waals surface area contributed by atoms with E-state index in [1.807, 2.05) is 20.8 Å². The van der Waals surface area contributed by atoms with Crippen LogP contribution in [0.3, 0.4) is 0 Å². The zero-order valence-electron chi connectivity index (χ0n) is 14.7. The van der Waals surface area contributed by atoms with E-state index in [4.69, 9.17) is 4.43 Å². The second-order valence-corrected chi connectivity index (χ2v) is 11.1. The molecule has 1 heterocycles. The van der Waals surface area contributed by atoms with Crippen LogP contribution in [0.1, 0.15) is 47.0 Å². The average molecular weight is 354 g/mol. The zero-order valence-corrected chi connectivity index (χ0v) is 15.7. The molecule has 1 rings (SSSR count). The summed E-state index contributed by atoms with van der Waals surface area (Å²) in [5, 5.41) is 0. The van der Waals surface area contributed by atoms with Crippen LogP contribution < -0.4 is 0 Å². The van der Waals surface area contributed by atoms with E-state index >= 15 is 0 Å². The highest BCUT2D eigenvalue weighted by molar-refractivity contribution is 6.73. The van der Waals surface area contributed by atoms with E-state index in [0.29, 0.717) is 50.5 Å². The minimum absolute atomic E-state index is 0.0207. The number of amides is 1. The van der Waals surface area contributed by atoms with E-state index in [-0.39, 0.29) is 5.91 Å². The molecule has 1 aliphatic rings. The molecule has 1 atom stereocenters. The average Bonchev–Trinajstić information content (AvgIpc) is 2.55. The van der Waals surface area contributed by atoms with Crippen LogP contribution in [0, 0.1) is 5.92 Å². The molecule has 1 unspecified atom stereocenters. The third-order valence-electron chi connectivity index (χ3n) is 5.26. The summed E-state index contributed by atoms with van der Waals surface area (Å²) < 4.78 is 46.6. The standard InChI is InChI=1S/C16H30F3NO2Si/c1-5-14(21)20-11-9-13(10-12-20)15(16(17,18)19)22-23(6-2,7-3)8-4/h13,15H,5-12H2,1-4H3. The van der Waals surface area contributed by atoms with Crippen LogP contribution in [0.25, 0.3) is 0 Å². The van der Waals surface area contributed by atoms with Gasteiger partial charge < -0.3 is 9.33 Å². The van der Waals surface area contributed by atoms with Crippen LogP contribution in [-0.2, 0) is 9.22 Å². The Morgan fingerprint density at radius 3 is 1.96 bits per heavy atom. The fourth-order valence-corrected chi connectivity index (χ4v) is 6.24. The third kappa shape index (κ3) is 5.21. The molecule has 0 aromatic rings. The summed E-state index contributed by atoms with van der Waals surface area (Å²) in [6.07, 6.45) is -4.86. The maximum atomic E-state index is 13.6. The van der Waals surface area contributed by atoms with E-state index in [1.165, 1.54) is 0 Å². The first-order valence-corrected chi connectivity index (χ1v) is 11.3. The highest BCUT2D eigenvalue weighted by Crippen LogP contribution is 2.38. The Morgan fingerprint density at radius 1 is 1.13 bits per heavy atom. The highest BCUT2D eigenvalue weighted by Gasteiger charge is 2.49. The molecule has 7 heteroatoms. The molecule has 0 spiro atoms. The Morgan fingerprint density at radius 2 is 1.61 bits per heavy atom. The number of alkyl halides is 3. The number of carbonyl (C=O) groups excluding carboxylic acids is 1. The van der Waals surface area contributed by atoms with Crippen molar-refractivity contribution < 1.29 is 22.4 Å². The van der Waals surface area contributed by atoms with E-state index in [9.17, 15) is 18.0 Å². The van der Waals surface area contributed by atoms with Crippen LogP contribution in [0.5, 0.6) is 0 Å². The third-order valence-corrected chi connectivity index (χ3v) is 9.88. The summed E-state index contributed by atoms with van der Waals surface area (Å²) >= 11 is 0. The molecule has 0 N–H and O–H groups in total. The monoisotopic (exact) mass is 353 g/mol. The maximum Gasteiger partial charge on any atom is 0.413 e. The zero-order chi connectivity index (χ0) is 17.7. The van der Waals surface area contributed by atoms with Gasteiger partial charge in [0.25, 0.3) is 0 Å². The van der Waals surface area contributed by atoms with Crippen LogP contribution in [0.4, 0.5) is 13.2 Å². The number of halogens is 3. The van der Waals surface area contributed by atoms with Crippen molar-refractivity contribution in [2.24, 2.45) is 5.92 Å². The van der Waals surface area contributed by atoms with E-state index in [1.54, 1.807) is 11.8 Å². The number of piperidine rings is 1. The van der Waals surface area contributed by atoms with Crippen LogP contribution in [0.15, 0.2) is 0 Å². The fraction of sp³-hybridized carbons (Fsp3) is 0.938. The molecule has 136 valence electrons. The molecule has 0 aromatic carbocycles. The summed E-state index contributed by atoms with van der Waals surface area (Å²) in [5.74, 6) is -0.514. The van der Waals surface area contributed by atoms with Crippen molar-refractivity contribution >= 4 is 14.2 Å². The van der Waals surface area contributed by atoms with Crippen molar-refractivity contribution in [3.8, 4) is 0 Å². The van der Waals surface area contributed by atoms with Gasteiger partial charge in [-0.2, -0.15) is 13.2 Å². The summed E-state index contributed by atoms with van der Waals surface area (Å²) in [4.78, 5) is 13.4. The number of hydrogen-bond donors (Lipinski definition) is 0. The molecule has 3 nitrogen and oxygen atoms in total. The Kier molecular flexibility index (Phi) is 7.58. The van der Waals surface area contributed by atoms with Crippen molar-refractivity contribution in [2.45, 2.75) is 77.4 Å². The van der Waals surface area contributed by atoms with Crippen molar-refractivity contribution in [1.29, 1.82) is 0 Å². The first-order chi connectivity index (χ1) is 10.7. The highest BCUT2D eigenvalue weighted by atomic mass is 28.4. The molecule has 0 saturated carbocycles. The normalized spacial score (nSPS) is 19.0. The minimum Gasteiger partial charge on any atom is -0.405 e. The second kappa shape index (κ2) is 8.51. The van der Waals surface area contributed by atoms with Crippen molar-refractivity contribution in [3.63, 3.8) is 0 Å². The van der Waals surface area contributed by atoms with Crippen molar-refractivity contribution in [2.75, 3.05) is 13.1 Å². The molecule has 0 aromatic heterocycles. The molecule has 1 saturated heterocycles. The molecule has 0 aliphatic carbocycles. The van der Waals surface area contributed by atoms with Gasteiger partial charge in [0.2, 0.25) is 5.91 Å². The number of rotatable bonds is 7. The van der Waals surface area contributed by atoms with Gasteiger partial charge in [-0.05, 0) is 36.9 Å². The van der Waals surface area contributed by atoms with Crippen LogP contribution in [0.2, 0.25) is 18.1 Å². The largest absolute Gasteiger partial charge is 0.413 e. The van der Waals surface area contributed by atoms with Gasteiger partial charge in [-0.1, -0.05) is 27.7 Å². The predicted octanol–water partition coefficient (Wildman–Crippen LogP) is 4.59. The Labute approximate surface area is 138 Å². The lowest BCUT2D eigenvalue weighted by molar-refractivity contribution is -0.217. The molecule has 23 heavy (non-hydrogen) atoms. The van der Waals surface area contributed by atoms with Crippen molar-refractivity contribution in [1.82, 2.24) is 4.90 Å². The first-order valence-electron chi connectivity index (χ1n) is 8.75. The molecule has 1 fully saturated rings. The molecular weight excluding hydrogens is 323 g/mol. The van der Waals surface area contributed by atoms with Gasteiger partial charge in [0.05, 0.1) is 0 Å². The van der Waals surface area contributed by atoms with Crippen molar-refractivity contribution in [3.05, 3.63) is 0 Å². The molecule has 0 radical (unpaired) electrons. The van der Waals surface area contributed by atoms with Gasteiger partial charge in [0, 0.05) is 19.5 Å². The van der Waals surface area contributed by atoms with Crippen LogP contribution >= 0.6 is 0 Å². The van der Waals surface area contributed by atoms with Gasteiger partial charge in [-0.15, -0.1) is 0 Å². The topological polar surface area (TPSA) is 29.5 Å². The Balaban J connectivity index is 2.83. The van der Waals surface area contributed by atoms with E-state index < -0.39 is 26.5 Å². The van der Waals surface area contributed by atoms with Gasteiger partial charge in [-0.25, -0.2) is 0 Å². The van der Waals surface area contributed by atoms with Gasteiger partial charge in [-0.3, -0.25) is 4.79 Å². The first kappa shape index (κ1) is 20.5. The van der Waals surface area contributed by atoms with Gasteiger partial charge in [0.1, 0.15) is 6.10 Å². The molecule has 1 amide bonds. The lowest BCUT2D eigenvalue weighted by atomic mass is 9.91. The number of likely N-dealkylation sites (tertiary alicyclic amines) is 1. The van der Waals surface area contributed by atoms with E-state index in [0.717, 1.165) is 0 Å². The number of carbonyl (C=O) groups is 1. The number of hydrogen-bond acceptors (Lipinski definition) is 2. The molecule has 0 bridgehead atoms. The predicted molar refractivity (Wildman–Crippen MR) is 87.7 cm³/mol. The smallest absolute Gasteiger partial charge is 0.405 e. The molecular formula is C16H30F3NO2Si. The lowest BCUT2D eigenvalue weighted by Crippen LogP contribution is -2.51. The second-order valence-electron chi connectivity index (χ2n) is 6.40. The summed E-state index contributed by atoms with van der Waals surface area (Å²) in [6.45, 7) is 8.41. The van der Waals surface area contributed by atoms with Crippen LogP contribution in [-0.4, -0.2) is 44.5 Å².